The van der Waals surface area contributed by atoms with Gasteiger partial charge in [0.05, 0.1) is 4.47 Å². The third-order valence-electron chi connectivity index (χ3n) is 3.85. The number of nitrogens with one attached hydrogen (secondary N) is 2. The Morgan fingerprint density at radius 3 is 2.70 bits per heavy atom. The van der Waals surface area contributed by atoms with Crippen LogP contribution in [0.25, 0.3) is 0 Å². The van der Waals surface area contributed by atoms with Crippen molar-refractivity contribution >= 4 is 39.5 Å². The predicted molar refractivity (Wildman–Crippen MR) is 91.7 cm³/mol. The van der Waals surface area contributed by atoms with E-state index in [1.54, 1.807) is 6.20 Å². The fourth-order valence-electron chi connectivity index (χ4n) is 2.63. The quantitative estimate of drug-likeness (QED) is 0.799. The van der Waals surface area contributed by atoms with Crippen LogP contribution < -0.4 is 10.6 Å². The fourth-order valence-corrected chi connectivity index (χ4v) is 3.87. The minimum Gasteiger partial charge on any atom is -0.368 e. The summed E-state index contributed by atoms with van der Waals surface area (Å²) < 4.78 is 1.28. The summed E-state index contributed by atoms with van der Waals surface area (Å²) in [7, 11) is 0. The Morgan fingerprint density at radius 2 is 2.05 bits per heavy atom. The van der Waals surface area contributed by atoms with Crippen LogP contribution in [0.4, 0.5) is 11.8 Å². The Bertz CT molecular complexity index is 435. The monoisotopic (exact) mass is 358 g/mol. The van der Waals surface area contributed by atoms with Crippen LogP contribution in [0.15, 0.2) is 10.7 Å². The number of halogens is 1. The highest BCUT2D eigenvalue weighted by Crippen LogP contribution is 2.38. The second-order valence-electron chi connectivity index (χ2n) is 5.22. The van der Waals surface area contributed by atoms with E-state index in [1.807, 2.05) is 18.7 Å². The van der Waals surface area contributed by atoms with Gasteiger partial charge in [0, 0.05) is 24.0 Å². The zero-order valence-corrected chi connectivity index (χ0v) is 14.6. The van der Waals surface area contributed by atoms with Gasteiger partial charge < -0.3 is 10.6 Å². The van der Waals surface area contributed by atoms with E-state index < -0.39 is 0 Å². The van der Waals surface area contributed by atoms with Gasteiger partial charge in [-0.15, -0.1) is 0 Å². The van der Waals surface area contributed by atoms with Crippen LogP contribution in [0.3, 0.4) is 0 Å². The summed E-state index contributed by atoms with van der Waals surface area (Å²) in [5, 5.41) is 6.66. The Labute approximate surface area is 134 Å². The molecule has 20 heavy (non-hydrogen) atoms. The summed E-state index contributed by atoms with van der Waals surface area (Å²) in [6.45, 7) is 3.84. The first-order chi connectivity index (χ1) is 9.69. The van der Waals surface area contributed by atoms with E-state index in [-0.39, 0.29) is 0 Å². The molecule has 1 aromatic heterocycles. The average Bonchev–Trinajstić information content (AvgIpc) is 2.49. The Morgan fingerprint density at radius 1 is 1.30 bits per heavy atom. The van der Waals surface area contributed by atoms with E-state index in [2.05, 4.69) is 42.8 Å². The topological polar surface area (TPSA) is 49.8 Å². The molecule has 0 bridgehead atoms. The van der Waals surface area contributed by atoms with Crippen molar-refractivity contribution < 1.29 is 0 Å². The molecule has 0 radical (unpaired) electrons. The molecule has 0 spiro atoms. The highest BCUT2D eigenvalue weighted by molar-refractivity contribution is 9.10. The van der Waals surface area contributed by atoms with E-state index in [4.69, 9.17) is 0 Å². The molecule has 0 atom stereocenters. The molecule has 6 heteroatoms. The maximum Gasteiger partial charge on any atom is 0.224 e. The maximum absolute atomic E-state index is 4.52. The van der Waals surface area contributed by atoms with Crippen molar-refractivity contribution in [3.8, 4) is 0 Å². The van der Waals surface area contributed by atoms with Gasteiger partial charge in [0.2, 0.25) is 5.95 Å². The molecule has 1 aromatic rings. The van der Waals surface area contributed by atoms with Crippen molar-refractivity contribution in [1.82, 2.24) is 9.97 Å². The van der Waals surface area contributed by atoms with Gasteiger partial charge in [0.25, 0.3) is 0 Å². The van der Waals surface area contributed by atoms with Crippen LogP contribution in [-0.2, 0) is 0 Å². The molecule has 1 saturated carbocycles. The first-order valence-corrected chi connectivity index (χ1v) is 9.26. The molecule has 0 amide bonds. The fraction of sp³-hybridized carbons (Fsp3) is 0.714. The molecular formula is C14H23BrN4S. The molecular weight excluding hydrogens is 336 g/mol. The Hall–Kier alpha value is -0.490. The minimum absolute atomic E-state index is 0.362. The number of anilines is 2. The van der Waals surface area contributed by atoms with Gasteiger partial charge in [-0.25, -0.2) is 4.98 Å². The molecule has 1 fully saturated rings. The summed E-state index contributed by atoms with van der Waals surface area (Å²) in [6, 6.07) is 0. The van der Waals surface area contributed by atoms with Gasteiger partial charge in [-0.1, -0.05) is 19.3 Å². The number of nitrogens with zero attached hydrogens (tertiary/aromatic N) is 2. The summed E-state index contributed by atoms with van der Waals surface area (Å²) in [5.74, 6) is 1.56. The molecule has 0 aliphatic heterocycles. The highest BCUT2D eigenvalue weighted by atomic mass is 79.9. The third kappa shape index (κ3) is 4.01. The molecule has 112 valence electrons. The largest absolute Gasteiger partial charge is 0.368 e. The van der Waals surface area contributed by atoms with Crippen LogP contribution in [0.2, 0.25) is 0 Å². The highest BCUT2D eigenvalue weighted by Gasteiger charge is 2.31. The lowest BCUT2D eigenvalue weighted by Gasteiger charge is -2.36. The van der Waals surface area contributed by atoms with Gasteiger partial charge in [-0.3, -0.25) is 0 Å². The lowest BCUT2D eigenvalue weighted by molar-refractivity contribution is 0.411. The van der Waals surface area contributed by atoms with Crippen LogP contribution in [-0.4, -0.2) is 34.1 Å². The molecule has 1 heterocycles. The van der Waals surface area contributed by atoms with E-state index in [9.17, 15) is 0 Å². The SMILES string of the molecule is CCNc1ncc(Br)c(NCC2(SC)CCCCC2)n1. The minimum atomic E-state index is 0.362. The zero-order valence-electron chi connectivity index (χ0n) is 12.2. The van der Waals surface area contributed by atoms with Crippen molar-refractivity contribution in [2.24, 2.45) is 0 Å². The third-order valence-corrected chi connectivity index (χ3v) is 5.85. The summed E-state index contributed by atoms with van der Waals surface area (Å²) in [4.78, 5) is 8.77. The molecule has 1 aliphatic rings. The van der Waals surface area contributed by atoms with Crippen LogP contribution in [0.5, 0.6) is 0 Å². The van der Waals surface area contributed by atoms with Gasteiger partial charge in [0.1, 0.15) is 5.82 Å². The van der Waals surface area contributed by atoms with Crippen LogP contribution in [0, 0.1) is 0 Å². The van der Waals surface area contributed by atoms with Crippen molar-refractivity contribution in [2.45, 2.75) is 43.8 Å². The zero-order chi connectivity index (χ0) is 14.4. The lowest BCUT2D eigenvalue weighted by atomic mass is 9.88. The average molecular weight is 359 g/mol. The van der Waals surface area contributed by atoms with E-state index in [1.165, 1.54) is 32.1 Å². The number of aromatic nitrogens is 2. The standard InChI is InChI=1S/C14H23BrN4S/c1-3-16-13-17-9-11(15)12(19-13)18-10-14(20-2)7-5-4-6-8-14/h9H,3-8,10H2,1-2H3,(H2,16,17,18,19). The molecule has 1 aliphatic carbocycles. The second kappa shape index (κ2) is 7.50. The Kier molecular flexibility index (Phi) is 5.96. The molecule has 2 N–H and O–H groups in total. The van der Waals surface area contributed by atoms with Gasteiger partial charge in [0.15, 0.2) is 0 Å². The number of thioether (sulfide) groups is 1. The van der Waals surface area contributed by atoms with E-state index in [0.29, 0.717) is 10.7 Å². The number of hydrogen-bond donors (Lipinski definition) is 2. The molecule has 0 unspecified atom stereocenters. The summed E-state index contributed by atoms with van der Waals surface area (Å²) >= 11 is 5.52. The smallest absolute Gasteiger partial charge is 0.224 e. The van der Waals surface area contributed by atoms with Crippen molar-refractivity contribution in [1.29, 1.82) is 0 Å². The van der Waals surface area contributed by atoms with Crippen LogP contribution in [0.1, 0.15) is 39.0 Å². The van der Waals surface area contributed by atoms with Crippen molar-refractivity contribution in [3.05, 3.63) is 10.7 Å². The maximum atomic E-state index is 4.52. The van der Waals surface area contributed by atoms with Crippen LogP contribution >= 0.6 is 27.7 Å². The Balaban J connectivity index is 2.03. The van der Waals surface area contributed by atoms with E-state index >= 15 is 0 Å². The summed E-state index contributed by atoms with van der Waals surface area (Å²) in [5.41, 5.74) is 0. The molecule has 4 nitrogen and oxygen atoms in total. The van der Waals surface area contributed by atoms with Gasteiger partial charge in [-0.05, 0) is 42.0 Å². The number of hydrogen-bond acceptors (Lipinski definition) is 5. The second-order valence-corrected chi connectivity index (χ2v) is 7.35. The molecule has 0 saturated heterocycles. The van der Waals surface area contributed by atoms with Gasteiger partial charge in [-0.2, -0.15) is 16.7 Å². The van der Waals surface area contributed by atoms with Gasteiger partial charge >= 0.3 is 0 Å². The lowest BCUT2D eigenvalue weighted by Crippen LogP contribution is -2.35. The normalized spacial score (nSPS) is 17.8. The first-order valence-electron chi connectivity index (χ1n) is 7.24. The number of rotatable bonds is 6. The summed E-state index contributed by atoms with van der Waals surface area (Å²) in [6.07, 6.45) is 10.7. The van der Waals surface area contributed by atoms with Crippen molar-refractivity contribution in [2.75, 3.05) is 30.0 Å². The molecule has 0 aromatic carbocycles. The predicted octanol–water partition coefficient (Wildman–Crippen LogP) is 4.15. The van der Waals surface area contributed by atoms with E-state index in [0.717, 1.165) is 23.4 Å². The first kappa shape index (κ1) is 15.9. The molecule has 2 rings (SSSR count). The van der Waals surface area contributed by atoms with Crippen molar-refractivity contribution in [3.63, 3.8) is 0 Å².